The Morgan fingerprint density at radius 2 is 2.14 bits per heavy atom. The van der Waals surface area contributed by atoms with Gasteiger partial charge in [0.25, 0.3) is 0 Å². The monoisotopic (exact) mass is 339 g/mol. The Kier molecular flexibility index (Phi) is 4.31. The van der Waals surface area contributed by atoms with E-state index < -0.39 is 6.17 Å². The van der Waals surface area contributed by atoms with Crippen LogP contribution in [0.4, 0.5) is 9.18 Å². The number of hydrogen-bond acceptors (Lipinski definition) is 2. The molecule has 2 aromatic rings. The number of likely N-dealkylation sites (tertiary alicyclic amines) is 1. The zero-order valence-corrected chi connectivity index (χ0v) is 13.6. The number of benzene rings is 1. The predicted molar refractivity (Wildman–Crippen MR) is 85.4 cm³/mol. The lowest BCUT2D eigenvalue weighted by Crippen LogP contribution is -2.28. The van der Waals surface area contributed by atoms with Crippen molar-refractivity contribution >= 4 is 29.0 Å². The third-order valence-corrected chi connectivity index (χ3v) is 4.62. The first-order valence-electron chi connectivity index (χ1n) is 6.95. The number of aryl methyl sites for hydroxylation is 1. The van der Waals surface area contributed by atoms with Gasteiger partial charge in [0, 0.05) is 28.3 Å². The van der Waals surface area contributed by atoms with Crippen molar-refractivity contribution in [3.63, 3.8) is 0 Å². The third-order valence-electron chi connectivity index (χ3n) is 3.47. The number of amides is 2. The topological polar surface area (TPSA) is 37.6 Å². The van der Waals surface area contributed by atoms with Crippen molar-refractivity contribution < 1.29 is 9.18 Å². The number of carbonyl (C=O) groups excluding carboxylic acids is 1. The van der Waals surface area contributed by atoms with Gasteiger partial charge in [-0.25, -0.2) is 9.18 Å². The van der Waals surface area contributed by atoms with Gasteiger partial charge in [-0.3, -0.25) is 4.57 Å². The molecule has 1 fully saturated rings. The first kappa shape index (κ1) is 15.2. The van der Waals surface area contributed by atoms with Crippen LogP contribution in [0.5, 0.6) is 0 Å². The third kappa shape index (κ3) is 3.23. The van der Waals surface area contributed by atoms with Crippen LogP contribution in [0.1, 0.15) is 11.3 Å². The summed E-state index contributed by atoms with van der Waals surface area (Å²) in [4.78, 5) is 19.4. The molecule has 0 saturated carbocycles. The Labute approximate surface area is 136 Å². The molecule has 1 aromatic carbocycles. The standard InChI is InChI=1S/C15H15ClFN3OS/c1-10-8-20(13-4-2-11(16)3-5-13)15(22-10)18-14(21)19-7-6-12(17)9-19/h2-5,8,12H,6-7,9H2,1H3/t12-/m1/s1. The van der Waals surface area contributed by atoms with E-state index in [-0.39, 0.29) is 12.6 Å². The SMILES string of the molecule is Cc1cn(-c2ccc(Cl)cc2)c(=NC(=O)N2CC[C@@H](F)C2)s1. The van der Waals surface area contributed by atoms with Gasteiger partial charge in [-0.1, -0.05) is 11.6 Å². The van der Waals surface area contributed by atoms with E-state index in [0.717, 1.165) is 10.6 Å². The molecule has 0 aliphatic carbocycles. The molecule has 4 nitrogen and oxygen atoms in total. The van der Waals surface area contributed by atoms with Gasteiger partial charge in [0.2, 0.25) is 0 Å². The Bertz CT molecular complexity index is 753. The van der Waals surface area contributed by atoms with Crippen molar-refractivity contribution in [2.75, 3.05) is 13.1 Å². The second-order valence-electron chi connectivity index (χ2n) is 5.20. The van der Waals surface area contributed by atoms with E-state index in [4.69, 9.17) is 11.6 Å². The van der Waals surface area contributed by atoms with Crippen molar-refractivity contribution in [2.45, 2.75) is 19.5 Å². The van der Waals surface area contributed by atoms with Crippen LogP contribution >= 0.6 is 22.9 Å². The number of carbonyl (C=O) groups is 1. The molecule has 2 amide bonds. The van der Waals surface area contributed by atoms with Crippen molar-refractivity contribution in [3.05, 3.63) is 45.2 Å². The number of hydrogen-bond donors (Lipinski definition) is 0. The van der Waals surface area contributed by atoms with Crippen LogP contribution < -0.4 is 4.80 Å². The maximum absolute atomic E-state index is 13.2. The highest BCUT2D eigenvalue weighted by Gasteiger charge is 2.25. The number of rotatable bonds is 1. The number of urea groups is 1. The second kappa shape index (κ2) is 6.22. The summed E-state index contributed by atoms with van der Waals surface area (Å²) < 4.78 is 15.1. The van der Waals surface area contributed by atoms with Crippen molar-refractivity contribution in [1.82, 2.24) is 9.47 Å². The number of aromatic nitrogens is 1. The minimum atomic E-state index is -0.937. The molecule has 0 N–H and O–H groups in total. The lowest BCUT2D eigenvalue weighted by Gasteiger charge is -2.10. The molecule has 0 radical (unpaired) electrons. The summed E-state index contributed by atoms with van der Waals surface area (Å²) in [5, 5.41) is 0.650. The maximum atomic E-state index is 13.2. The molecule has 1 atom stereocenters. The molecule has 3 rings (SSSR count). The van der Waals surface area contributed by atoms with Crippen LogP contribution in [0.3, 0.4) is 0 Å². The molecular weight excluding hydrogens is 325 g/mol. The predicted octanol–water partition coefficient (Wildman–Crippen LogP) is 3.57. The summed E-state index contributed by atoms with van der Waals surface area (Å²) in [6.45, 7) is 2.51. The van der Waals surface area contributed by atoms with Gasteiger partial charge in [-0.05, 0) is 37.6 Å². The quantitative estimate of drug-likeness (QED) is 0.782. The lowest BCUT2D eigenvalue weighted by molar-refractivity contribution is 0.213. The highest BCUT2D eigenvalue weighted by atomic mass is 35.5. The minimum absolute atomic E-state index is 0.133. The van der Waals surface area contributed by atoms with Gasteiger partial charge in [0.05, 0.1) is 6.54 Å². The molecule has 1 saturated heterocycles. The smallest absolute Gasteiger partial charge is 0.320 e. The zero-order chi connectivity index (χ0) is 15.7. The van der Waals surface area contributed by atoms with E-state index in [1.165, 1.54) is 16.2 Å². The fraction of sp³-hybridized carbons (Fsp3) is 0.333. The Hall–Kier alpha value is -1.66. The molecule has 1 aliphatic rings. The second-order valence-corrected chi connectivity index (χ2v) is 6.85. The van der Waals surface area contributed by atoms with E-state index in [2.05, 4.69) is 4.99 Å². The summed E-state index contributed by atoms with van der Waals surface area (Å²) >= 11 is 7.33. The Morgan fingerprint density at radius 1 is 1.41 bits per heavy atom. The average molecular weight is 340 g/mol. The molecule has 116 valence electrons. The Balaban J connectivity index is 1.95. The summed E-state index contributed by atoms with van der Waals surface area (Å²) in [5.74, 6) is 0. The summed E-state index contributed by atoms with van der Waals surface area (Å²) in [5.41, 5.74) is 0.880. The molecule has 1 aromatic heterocycles. The van der Waals surface area contributed by atoms with Crippen LogP contribution in [0.15, 0.2) is 35.5 Å². The highest BCUT2D eigenvalue weighted by molar-refractivity contribution is 7.09. The van der Waals surface area contributed by atoms with E-state index in [1.807, 2.05) is 29.8 Å². The van der Waals surface area contributed by atoms with Gasteiger partial charge in [-0.2, -0.15) is 4.99 Å². The van der Waals surface area contributed by atoms with Crippen LogP contribution in [0.2, 0.25) is 5.02 Å². The van der Waals surface area contributed by atoms with Crippen molar-refractivity contribution in [1.29, 1.82) is 0 Å². The molecule has 0 bridgehead atoms. The summed E-state index contributed by atoms with van der Waals surface area (Å²) in [6, 6.07) is 6.93. The van der Waals surface area contributed by atoms with Gasteiger partial charge < -0.3 is 4.90 Å². The Morgan fingerprint density at radius 3 is 2.77 bits per heavy atom. The average Bonchev–Trinajstić information content (AvgIpc) is 3.06. The largest absolute Gasteiger partial charge is 0.346 e. The minimum Gasteiger partial charge on any atom is -0.320 e. The normalized spacial score (nSPS) is 19.0. The first-order valence-corrected chi connectivity index (χ1v) is 8.15. The van der Waals surface area contributed by atoms with Crippen molar-refractivity contribution in [3.8, 4) is 5.69 Å². The van der Waals surface area contributed by atoms with Gasteiger partial charge in [-0.15, -0.1) is 11.3 Å². The summed E-state index contributed by atoms with van der Waals surface area (Å²) in [6.07, 6.45) is 1.37. The molecule has 1 aliphatic heterocycles. The molecule has 22 heavy (non-hydrogen) atoms. The van der Waals surface area contributed by atoms with Crippen molar-refractivity contribution in [2.24, 2.45) is 4.99 Å². The number of thiazole rings is 1. The first-order chi connectivity index (χ1) is 10.5. The van der Waals surface area contributed by atoms with Crippen LogP contribution in [0.25, 0.3) is 5.69 Å². The highest BCUT2D eigenvalue weighted by Crippen LogP contribution is 2.15. The molecule has 0 unspecified atom stereocenters. The fourth-order valence-electron chi connectivity index (χ4n) is 2.36. The van der Waals surface area contributed by atoms with E-state index in [9.17, 15) is 9.18 Å². The number of alkyl halides is 1. The van der Waals surface area contributed by atoms with E-state index in [0.29, 0.717) is 22.8 Å². The van der Waals surface area contributed by atoms with E-state index in [1.54, 1.807) is 12.1 Å². The number of halogens is 2. The number of nitrogens with zero attached hydrogens (tertiary/aromatic N) is 3. The lowest BCUT2D eigenvalue weighted by atomic mass is 10.3. The van der Waals surface area contributed by atoms with Gasteiger partial charge in [0.1, 0.15) is 6.17 Å². The van der Waals surface area contributed by atoms with E-state index >= 15 is 0 Å². The van der Waals surface area contributed by atoms with Gasteiger partial charge >= 0.3 is 6.03 Å². The molecule has 7 heteroatoms. The van der Waals surface area contributed by atoms with Crippen LogP contribution in [0, 0.1) is 6.92 Å². The van der Waals surface area contributed by atoms with Crippen LogP contribution in [-0.4, -0.2) is 34.8 Å². The molecule has 0 spiro atoms. The molecule has 2 heterocycles. The zero-order valence-electron chi connectivity index (χ0n) is 12.0. The maximum Gasteiger partial charge on any atom is 0.346 e. The fourth-order valence-corrected chi connectivity index (χ4v) is 3.32. The van der Waals surface area contributed by atoms with Crippen LogP contribution in [-0.2, 0) is 0 Å². The summed E-state index contributed by atoms with van der Waals surface area (Å²) in [7, 11) is 0. The van der Waals surface area contributed by atoms with Gasteiger partial charge in [0.15, 0.2) is 4.80 Å². The molecular formula is C15H15ClFN3OS.